The summed E-state index contributed by atoms with van der Waals surface area (Å²) in [6.07, 6.45) is 4.88. The lowest BCUT2D eigenvalue weighted by Crippen LogP contribution is -2.54. The zero-order chi connectivity index (χ0) is 13.2. The van der Waals surface area contributed by atoms with Crippen LogP contribution in [-0.2, 0) is 4.74 Å². The Bertz CT molecular complexity index is 470. The van der Waals surface area contributed by atoms with Crippen LogP contribution in [0.1, 0.15) is 41.6 Å². The minimum Gasteiger partial charge on any atom is -0.374 e. The van der Waals surface area contributed by atoms with Gasteiger partial charge in [0.2, 0.25) is 0 Å². The Morgan fingerprint density at radius 1 is 1.26 bits per heavy atom. The smallest absolute Gasteiger partial charge is 0.254 e. The number of amides is 1. The van der Waals surface area contributed by atoms with Gasteiger partial charge in [-0.1, -0.05) is 31.0 Å². The first-order valence-corrected chi connectivity index (χ1v) is 7.25. The molecule has 3 rings (SSSR count). The summed E-state index contributed by atoms with van der Waals surface area (Å²) in [7, 11) is 0. The highest BCUT2D eigenvalue weighted by molar-refractivity contribution is 5.95. The number of fused-ring (bicyclic) bond motifs is 1. The van der Waals surface area contributed by atoms with Crippen LogP contribution in [-0.4, -0.2) is 36.1 Å². The molecule has 1 aliphatic carbocycles. The van der Waals surface area contributed by atoms with Gasteiger partial charge in [0.1, 0.15) is 0 Å². The average Bonchev–Trinajstić information content (AvgIpc) is 2.46. The summed E-state index contributed by atoms with van der Waals surface area (Å²) in [5.74, 6) is 0.179. The lowest BCUT2D eigenvalue weighted by atomic mass is 9.89. The molecule has 3 heteroatoms. The molecule has 3 nitrogen and oxygen atoms in total. The average molecular weight is 259 g/mol. The first-order valence-electron chi connectivity index (χ1n) is 7.25. The first-order chi connectivity index (χ1) is 9.27. The Balaban J connectivity index is 1.84. The molecule has 1 heterocycles. The lowest BCUT2D eigenvalue weighted by molar-refractivity contribution is -0.0753. The maximum absolute atomic E-state index is 12.7. The molecule has 1 saturated heterocycles. The Kier molecular flexibility index (Phi) is 3.56. The minimum atomic E-state index is 0.179. The summed E-state index contributed by atoms with van der Waals surface area (Å²) >= 11 is 0. The summed E-state index contributed by atoms with van der Waals surface area (Å²) in [5, 5.41) is 0. The van der Waals surface area contributed by atoms with E-state index in [0.717, 1.165) is 30.5 Å². The second-order valence-corrected chi connectivity index (χ2v) is 5.57. The van der Waals surface area contributed by atoms with Crippen molar-refractivity contribution in [1.82, 2.24) is 4.90 Å². The highest BCUT2D eigenvalue weighted by atomic mass is 16.5. The van der Waals surface area contributed by atoms with Crippen molar-refractivity contribution in [3.05, 3.63) is 35.4 Å². The Morgan fingerprint density at radius 3 is 2.89 bits per heavy atom. The number of morpholine rings is 1. The number of benzene rings is 1. The van der Waals surface area contributed by atoms with Crippen LogP contribution in [0.2, 0.25) is 0 Å². The van der Waals surface area contributed by atoms with Crippen molar-refractivity contribution in [2.24, 2.45) is 0 Å². The molecule has 0 bridgehead atoms. The van der Waals surface area contributed by atoms with Crippen LogP contribution in [0.15, 0.2) is 24.3 Å². The van der Waals surface area contributed by atoms with Gasteiger partial charge in [-0.25, -0.2) is 0 Å². The highest BCUT2D eigenvalue weighted by Crippen LogP contribution is 2.29. The molecule has 0 radical (unpaired) electrons. The zero-order valence-electron chi connectivity index (χ0n) is 11.5. The Morgan fingerprint density at radius 2 is 2.05 bits per heavy atom. The number of carbonyl (C=O) groups is 1. The lowest BCUT2D eigenvalue weighted by Gasteiger charge is -2.44. The summed E-state index contributed by atoms with van der Waals surface area (Å²) in [6.45, 7) is 3.42. The third-order valence-electron chi connectivity index (χ3n) is 4.37. The van der Waals surface area contributed by atoms with Crippen LogP contribution in [0.3, 0.4) is 0 Å². The number of nitrogens with zero attached hydrogens (tertiary/aromatic N) is 1. The van der Waals surface area contributed by atoms with Crippen molar-refractivity contribution >= 4 is 5.91 Å². The third kappa shape index (κ3) is 2.39. The fourth-order valence-corrected chi connectivity index (χ4v) is 3.32. The van der Waals surface area contributed by atoms with Crippen LogP contribution in [0, 0.1) is 6.92 Å². The van der Waals surface area contributed by atoms with Gasteiger partial charge in [0.15, 0.2) is 0 Å². The van der Waals surface area contributed by atoms with Gasteiger partial charge in [0.05, 0.1) is 18.8 Å². The van der Waals surface area contributed by atoms with E-state index < -0.39 is 0 Å². The molecule has 2 aliphatic rings. The summed E-state index contributed by atoms with van der Waals surface area (Å²) in [5.41, 5.74) is 1.90. The number of ether oxygens (including phenoxy) is 1. The largest absolute Gasteiger partial charge is 0.374 e. The van der Waals surface area contributed by atoms with Gasteiger partial charge in [-0.3, -0.25) is 4.79 Å². The Hall–Kier alpha value is -1.35. The third-order valence-corrected chi connectivity index (χ3v) is 4.37. The SMILES string of the molecule is Cc1ccccc1C(=O)N1CCO[C@H]2CCCC[C@@H]21. The van der Waals surface area contributed by atoms with Gasteiger partial charge in [0, 0.05) is 12.1 Å². The van der Waals surface area contributed by atoms with Crippen molar-refractivity contribution in [2.45, 2.75) is 44.8 Å². The van der Waals surface area contributed by atoms with Gasteiger partial charge >= 0.3 is 0 Å². The normalized spacial score (nSPS) is 26.9. The molecule has 2 fully saturated rings. The van der Waals surface area contributed by atoms with Crippen molar-refractivity contribution < 1.29 is 9.53 Å². The fraction of sp³-hybridized carbons (Fsp3) is 0.562. The van der Waals surface area contributed by atoms with E-state index in [1.54, 1.807) is 0 Å². The maximum atomic E-state index is 12.7. The number of hydrogen-bond donors (Lipinski definition) is 0. The monoisotopic (exact) mass is 259 g/mol. The topological polar surface area (TPSA) is 29.5 Å². The minimum absolute atomic E-state index is 0.179. The van der Waals surface area contributed by atoms with Crippen molar-refractivity contribution in [2.75, 3.05) is 13.2 Å². The molecule has 2 atom stereocenters. The molecule has 1 saturated carbocycles. The fourth-order valence-electron chi connectivity index (χ4n) is 3.32. The summed E-state index contributed by atoms with van der Waals surface area (Å²) in [4.78, 5) is 14.8. The molecular formula is C16H21NO2. The van der Waals surface area contributed by atoms with E-state index in [2.05, 4.69) is 4.90 Å². The first kappa shape index (κ1) is 12.7. The predicted molar refractivity (Wildman–Crippen MR) is 74.2 cm³/mol. The Labute approximate surface area is 114 Å². The maximum Gasteiger partial charge on any atom is 0.254 e. The van der Waals surface area contributed by atoms with Gasteiger partial charge in [-0.15, -0.1) is 0 Å². The molecule has 19 heavy (non-hydrogen) atoms. The second-order valence-electron chi connectivity index (χ2n) is 5.57. The van der Waals surface area contributed by atoms with Crippen LogP contribution in [0.4, 0.5) is 0 Å². The van der Waals surface area contributed by atoms with Crippen molar-refractivity contribution in [1.29, 1.82) is 0 Å². The summed E-state index contributed by atoms with van der Waals surface area (Å²) in [6, 6.07) is 8.15. The molecule has 1 aliphatic heterocycles. The standard InChI is InChI=1S/C16H21NO2/c1-12-6-2-3-7-13(12)16(18)17-10-11-19-15-9-5-4-8-14(15)17/h2-3,6-7,14-15H,4-5,8-11H2,1H3/t14-,15-/m0/s1. The van der Waals surface area contributed by atoms with Gasteiger partial charge in [-0.2, -0.15) is 0 Å². The van der Waals surface area contributed by atoms with Gasteiger partial charge < -0.3 is 9.64 Å². The molecule has 0 N–H and O–H groups in total. The molecule has 0 aromatic heterocycles. The summed E-state index contributed by atoms with van der Waals surface area (Å²) < 4.78 is 5.83. The van der Waals surface area contributed by atoms with Gasteiger partial charge in [-0.05, 0) is 31.4 Å². The predicted octanol–water partition coefficient (Wildman–Crippen LogP) is 2.78. The van der Waals surface area contributed by atoms with Gasteiger partial charge in [0.25, 0.3) is 5.91 Å². The molecule has 1 aromatic carbocycles. The molecule has 1 aromatic rings. The molecule has 102 valence electrons. The highest BCUT2D eigenvalue weighted by Gasteiger charge is 2.37. The van der Waals surface area contributed by atoms with Crippen LogP contribution in [0.25, 0.3) is 0 Å². The number of carbonyl (C=O) groups excluding carboxylic acids is 1. The van der Waals surface area contributed by atoms with E-state index in [-0.39, 0.29) is 18.1 Å². The molecule has 0 spiro atoms. The van der Waals surface area contributed by atoms with Crippen molar-refractivity contribution in [3.8, 4) is 0 Å². The van der Waals surface area contributed by atoms with E-state index >= 15 is 0 Å². The second kappa shape index (κ2) is 5.33. The van der Waals surface area contributed by atoms with Crippen LogP contribution in [0.5, 0.6) is 0 Å². The number of hydrogen-bond acceptors (Lipinski definition) is 2. The van der Waals surface area contributed by atoms with Crippen LogP contribution >= 0.6 is 0 Å². The molecule has 1 amide bonds. The van der Waals surface area contributed by atoms with Crippen molar-refractivity contribution in [3.63, 3.8) is 0 Å². The zero-order valence-corrected chi connectivity index (χ0v) is 11.5. The van der Waals surface area contributed by atoms with E-state index in [4.69, 9.17) is 4.74 Å². The quantitative estimate of drug-likeness (QED) is 0.776. The molecular weight excluding hydrogens is 238 g/mol. The van der Waals surface area contributed by atoms with E-state index in [9.17, 15) is 4.79 Å². The van der Waals surface area contributed by atoms with E-state index in [1.807, 2.05) is 31.2 Å². The van der Waals surface area contributed by atoms with Crippen LogP contribution < -0.4 is 0 Å². The number of rotatable bonds is 1. The van der Waals surface area contributed by atoms with E-state index in [1.165, 1.54) is 12.8 Å². The molecule has 0 unspecified atom stereocenters. The number of aryl methyl sites for hydroxylation is 1. The van der Waals surface area contributed by atoms with E-state index in [0.29, 0.717) is 6.61 Å².